The summed E-state index contributed by atoms with van der Waals surface area (Å²) in [6.45, 7) is 0. The molecule has 0 N–H and O–H groups in total. The van der Waals surface area contributed by atoms with Crippen LogP contribution in [-0.2, 0) is 0 Å². The van der Waals surface area contributed by atoms with Gasteiger partial charge in [0.2, 0.25) is 0 Å². The van der Waals surface area contributed by atoms with Gasteiger partial charge in [0.1, 0.15) is 0 Å². The molecule has 0 amide bonds. The third kappa shape index (κ3) is 3.69. The van der Waals surface area contributed by atoms with Gasteiger partial charge in [0.25, 0.3) is 0 Å². The van der Waals surface area contributed by atoms with Crippen molar-refractivity contribution in [3.8, 4) is 34.3 Å². The van der Waals surface area contributed by atoms with Gasteiger partial charge in [-0.15, -0.1) is 0 Å². The molecular formula is C43H24N4. The number of rotatable bonds is 3. The van der Waals surface area contributed by atoms with E-state index in [4.69, 9.17) is 9.97 Å². The highest BCUT2D eigenvalue weighted by Crippen LogP contribution is 2.48. The molecule has 0 bridgehead atoms. The molecule has 10 aromatic rings. The summed E-state index contributed by atoms with van der Waals surface area (Å²) in [4.78, 5) is 10.6. The number of para-hydroxylation sites is 2. The predicted molar refractivity (Wildman–Crippen MR) is 193 cm³/mol. The molecule has 8 aromatic carbocycles. The van der Waals surface area contributed by atoms with E-state index in [9.17, 15) is 5.26 Å². The van der Waals surface area contributed by atoms with Gasteiger partial charge in [0, 0.05) is 27.6 Å². The van der Waals surface area contributed by atoms with Gasteiger partial charge in [-0.2, -0.15) is 5.26 Å². The summed E-state index contributed by atoms with van der Waals surface area (Å²) in [5.74, 6) is 0. The Hall–Kier alpha value is -6.57. The fourth-order valence-electron chi connectivity index (χ4n) is 7.48. The van der Waals surface area contributed by atoms with Crippen molar-refractivity contribution < 1.29 is 0 Å². The van der Waals surface area contributed by atoms with Crippen LogP contribution in [0.25, 0.3) is 93.4 Å². The minimum atomic E-state index is 0.617. The lowest BCUT2D eigenvalue weighted by molar-refractivity contribution is 1.17. The second-order valence-electron chi connectivity index (χ2n) is 12.1. The minimum absolute atomic E-state index is 0.617. The maximum atomic E-state index is 9.91. The normalized spacial score (nSPS) is 11.8. The second-order valence-corrected chi connectivity index (χ2v) is 12.1. The van der Waals surface area contributed by atoms with Gasteiger partial charge in [-0.05, 0) is 86.9 Å². The zero-order chi connectivity index (χ0) is 31.1. The topological polar surface area (TPSA) is 54.5 Å². The number of hydrogen-bond acceptors (Lipinski definition) is 3. The van der Waals surface area contributed by atoms with E-state index in [1.165, 1.54) is 43.1 Å². The van der Waals surface area contributed by atoms with Crippen LogP contribution in [0.5, 0.6) is 0 Å². The standard InChI is InChI=1S/C43H24N4/c44-25-26-10-8-15-30(22-26)47-38-19-9-16-31-34-23-28-13-4-5-14-29(28)24-35(34)32-20-21-33(43(47)40(32)39(31)38)42-41(27-11-2-1-3-12-27)45-36-17-6-7-18-37(36)46-42/h1-24H. The molecule has 0 atom stereocenters. The van der Waals surface area contributed by atoms with Gasteiger partial charge < -0.3 is 4.57 Å². The highest BCUT2D eigenvalue weighted by molar-refractivity contribution is 6.36. The molecular weight excluding hydrogens is 573 g/mol. The predicted octanol–water partition coefficient (Wildman–Crippen LogP) is 10.8. The lowest BCUT2D eigenvalue weighted by atomic mass is 9.90. The lowest BCUT2D eigenvalue weighted by Gasteiger charge is -2.16. The van der Waals surface area contributed by atoms with Gasteiger partial charge in [0.05, 0.1) is 45.1 Å². The molecule has 0 radical (unpaired) electrons. The Bertz CT molecular complexity index is 2910. The van der Waals surface area contributed by atoms with Gasteiger partial charge in [-0.1, -0.05) is 91.0 Å². The van der Waals surface area contributed by atoms with Crippen LogP contribution in [0.3, 0.4) is 0 Å². The van der Waals surface area contributed by atoms with Crippen LogP contribution in [0.1, 0.15) is 5.56 Å². The summed E-state index contributed by atoms with van der Waals surface area (Å²) >= 11 is 0. The highest BCUT2D eigenvalue weighted by atomic mass is 15.0. The summed E-state index contributed by atoms with van der Waals surface area (Å²) < 4.78 is 2.32. The van der Waals surface area contributed by atoms with E-state index in [0.717, 1.165) is 50.3 Å². The zero-order valence-corrected chi connectivity index (χ0v) is 25.1. The van der Waals surface area contributed by atoms with Crippen LogP contribution in [0.2, 0.25) is 0 Å². The summed E-state index contributed by atoms with van der Waals surface area (Å²) in [6, 6.07) is 52.9. The molecule has 4 heteroatoms. The second kappa shape index (κ2) is 9.71. The van der Waals surface area contributed by atoms with E-state index < -0.39 is 0 Å². The number of nitrogens with zero attached hydrogens (tertiary/aromatic N) is 4. The first kappa shape index (κ1) is 25.7. The summed E-state index contributed by atoms with van der Waals surface area (Å²) in [7, 11) is 0. The van der Waals surface area contributed by atoms with Gasteiger partial charge in [-0.3, -0.25) is 0 Å². The Balaban J connectivity index is 1.44. The Kier molecular flexibility index (Phi) is 5.32. The van der Waals surface area contributed by atoms with Crippen LogP contribution in [0.15, 0.2) is 146 Å². The minimum Gasteiger partial charge on any atom is -0.308 e. The van der Waals surface area contributed by atoms with Gasteiger partial charge in [-0.25, -0.2) is 9.97 Å². The van der Waals surface area contributed by atoms with E-state index in [-0.39, 0.29) is 0 Å². The molecule has 216 valence electrons. The van der Waals surface area contributed by atoms with Crippen molar-refractivity contribution in [2.45, 2.75) is 0 Å². The highest BCUT2D eigenvalue weighted by Gasteiger charge is 2.25. The average molecular weight is 597 g/mol. The molecule has 47 heavy (non-hydrogen) atoms. The summed E-state index contributed by atoms with van der Waals surface area (Å²) in [5.41, 5.74) is 9.07. The number of nitriles is 1. The van der Waals surface area contributed by atoms with Crippen molar-refractivity contribution in [2.24, 2.45) is 0 Å². The Labute approximate surface area is 269 Å². The molecule has 0 aliphatic rings. The fourth-order valence-corrected chi connectivity index (χ4v) is 7.48. The van der Waals surface area contributed by atoms with Crippen LogP contribution < -0.4 is 0 Å². The Morgan fingerprint density at radius 1 is 0.511 bits per heavy atom. The molecule has 0 aliphatic heterocycles. The van der Waals surface area contributed by atoms with E-state index in [1.54, 1.807) is 0 Å². The van der Waals surface area contributed by atoms with Crippen LogP contribution in [-0.4, -0.2) is 14.5 Å². The average Bonchev–Trinajstić information content (AvgIpc) is 3.49. The number of fused-ring (bicyclic) bond motifs is 5. The molecule has 4 nitrogen and oxygen atoms in total. The zero-order valence-electron chi connectivity index (χ0n) is 25.1. The third-order valence-corrected chi connectivity index (χ3v) is 9.51. The van der Waals surface area contributed by atoms with E-state index in [1.807, 2.05) is 60.7 Å². The fraction of sp³-hybridized carbons (Fsp3) is 0. The molecule has 10 rings (SSSR count). The maximum Gasteiger partial charge on any atom is 0.0994 e. The van der Waals surface area contributed by atoms with Crippen LogP contribution in [0.4, 0.5) is 0 Å². The molecule has 0 fully saturated rings. The monoisotopic (exact) mass is 596 g/mol. The first-order valence-electron chi connectivity index (χ1n) is 15.7. The third-order valence-electron chi connectivity index (χ3n) is 9.51. The Morgan fingerprint density at radius 2 is 1.17 bits per heavy atom. The Morgan fingerprint density at radius 3 is 1.91 bits per heavy atom. The van der Waals surface area contributed by atoms with Crippen molar-refractivity contribution in [1.29, 1.82) is 5.26 Å². The number of hydrogen-bond donors (Lipinski definition) is 0. The van der Waals surface area contributed by atoms with Crippen molar-refractivity contribution >= 4 is 65.2 Å². The number of aromatic nitrogens is 3. The van der Waals surface area contributed by atoms with Crippen LogP contribution >= 0.6 is 0 Å². The van der Waals surface area contributed by atoms with Crippen molar-refractivity contribution in [1.82, 2.24) is 14.5 Å². The molecule has 0 spiro atoms. The lowest BCUT2D eigenvalue weighted by Crippen LogP contribution is -2.00. The summed E-state index contributed by atoms with van der Waals surface area (Å²) in [5, 5.41) is 19.6. The maximum absolute atomic E-state index is 9.91. The van der Waals surface area contributed by atoms with Crippen molar-refractivity contribution in [2.75, 3.05) is 0 Å². The smallest absolute Gasteiger partial charge is 0.0994 e. The molecule has 0 saturated carbocycles. The van der Waals surface area contributed by atoms with Crippen molar-refractivity contribution in [3.63, 3.8) is 0 Å². The van der Waals surface area contributed by atoms with E-state index >= 15 is 0 Å². The molecule has 0 saturated heterocycles. The number of benzene rings is 8. The summed E-state index contributed by atoms with van der Waals surface area (Å²) in [6.07, 6.45) is 0. The SMILES string of the molecule is N#Cc1cccc(-n2c3cccc4c5cc6ccccc6cc5c5ccc(-c6nc7ccccc7nc6-c6ccccc6)c2c5c43)c1. The van der Waals surface area contributed by atoms with Gasteiger partial charge >= 0.3 is 0 Å². The van der Waals surface area contributed by atoms with E-state index in [0.29, 0.717) is 5.56 Å². The van der Waals surface area contributed by atoms with Crippen molar-refractivity contribution in [3.05, 3.63) is 151 Å². The first-order valence-corrected chi connectivity index (χ1v) is 15.7. The quantitative estimate of drug-likeness (QED) is 0.151. The first-order chi connectivity index (χ1) is 23.3. The van der Waals surface area contributed by atoms with Gasteiger partial charge in [0.15, 0.2) is 0 Å². The van der Waals surface area contributed by atoms with E-state index in [2.05, 4.69) is 95.6 Å². The van der Waals surface area contributed by atoms with Crippen LogP contribution in [0, 0.1) is 11.3 Å². The molecule has 0 aliphatic carbocycles. The molecule has 2 heterocycles. The largest absolute Gasteiger partial charge is 0.308 e. The molecule has 2 aromatic heterocycles. The molecule has 0 unspecified atom stereocenters.